The van der Waals surface area contributed by atoms with Crippen molar-refractivity contribution in [2.75, 3.05) is 11.9 Å². The molecule has 0 amide bonds. The fourth-order valence-corrected chi connectivity index (χ4v) is 1.71. The monoisotopic (exact) mass is 206 g/mol. The van der Waals surface area contributed by atoms with Gasteiger partial charge in [0.2, 0.25) is 0 Å². The third-order valence-corrected chi connectivity index (χ3v) is 3.21. The quantitative estimate of drug-likeness (QED) is 0.777. The minimum atomic E-state index is 0.0509. The molecule has 15 heavy (non-hydrogen) atoms. The van der Waals surface area contributed by atoms with E-state index in [2.05, 4.69) is 50.4 Å². The van der Waals surface area contributed by atoms with Gasteiger partial charge in [-0.2, -0.15) is 0 Å². The van der Waals surface area contributed by atoms with E-state index in [-0.39, 0.29) is 5.54 Å². The molecular formula is C13H22N2. The maximum absolute atomic E-state index is 5.84. The van der Waals surface area contributed by atoms with Gasteiger partial charge in [0, 0.05) is 17.8 Å². The van der Waals surface area contributed by atoms with Gasteiger partial charge >= 0.3 is 0 Å². The lowest BCUT2D eigenvalue weighted by molar-refractivity contribution is 0.445. The lowest BCUT2D eigenvalue weighted by atomic mass is 9.92. The van der Waals surface area contributed by atoms with Crippen LogP contribution in [0, 0.1) is 6.92 Å². The Morgan fingerprint density at radius 2 is 1.67 bits per heavy atom. The second-order valence-corrected chi connectivity index (χ2v) is 4.18. The number of rotatable bonds is 5. The van der Waals surface area contributed by atoms with Crippen molar-refractivity contribution >= 4 is 5.69 Å². The van der Waals surface area contributed by atoms with Crippen LogP contribution < -0.4 is 11.1 Å². The van der Waals surface area contributed by atoms with Crippen molar-refractivity contribution in [3.05, 3.63) is 29.8 Å². The van der Waals surface area contributed by atoms with Gasteiger partial charge in [-0.1, -0.05) is 31.5 Å². The normalized spacial score (nSPS) is 11.5. The van der Waals surface area contributed by atoms with Gasteiger partial charge < -0.3 is 11.1 Å². The summed E-state index contributed by atoms with van der Waals surface area (Å²) in [5, 5.41) is 3.54. The Balaban J connectivity index is 2.78. The van der Waals surface area contributed by atoms with E-state index in [1.54, 1.807) is 0 Å². The van der Waals surface area contributed by atoms with Crippen molar-refractivity contribution in [2.24, 2.45) is 5.73 Å². The largest absolute Gasteiger partial charge is 0.378 e. The van der Waals surface area contributed by atoms with Crippen LogP contribution in [0.15, 0.2) is 24.3 Å². The molecule has 1 rings (SSSR count). The number of anilines is 1. The highest BCUT2D eigenvalue weighted by Gasteiger charge is 2.23. The Morgan fingerprint density at radius 3 is 2.07 bits per heavy atom. The van der Waals surface area contributed by atoms with Crippen LogP contribution in [0.3, 0.4) is 0 Å². The van der Waals surface area contributed by atoms with Crippen molar-refractivity contribution in [2.45, 2.75) is 39.2 Å². The molecule has 0 heterocycles. The minimum absolute atomic E-state index is 0.0509. The van der Waals surface area contributed by atoms with Crippen LogP contribution >= 0.6 is 0 Å². The molecule has 0 unspecified atom stereocenters. The first kappa shape index (κ1) is 12.1. The molecule has 3 N–H and O–H groups in total. The summed E-state index contributed by atoms with van der Waals surface area (Å²) in [6, 6.07) is 8.47. The van der Waals surface area contributed by atoms with Gasteiger partial charge in [0.25, 0.3) is 0 Å². The fourth-order valence-electron chi connectivity index (χ4n) is 1.71. The van der Waals surface area contributed by atoms with Crippen molar-refractivity contribution in [1.82, 2.24) is 0 Å². The molecule has 0 spiro atoms. The van der Waals surface area contributed by atoms with Crippen LogP contribution in [0.25, 0.3) is 0 Å². The van der Waals surface area contributed by atoms with E-state index in [9.17, 15) is 0 Å². The van der Waals surface area contributed by atoms with Crippen molar-refractivity contribution in [1.29, 1.82) is 0 Å². The zero-order chi connectivity index (χ0) is 11.3. The summed E-state index contributed by atoms with van der Waals surface area (Å²) < 4.78 is 0. The van der Waals surface area contributed by atoms with E-state index in [4.69, 9.17) is 5.73 Å². The predicted octanol–water partition coefficient (Wildman–Crippen LogP) is 2.92. The lowest BCUT2D eigenvalue weighted by Crippen LogP contribution is -2.44. The first-order chi connectivity index (χ1) is 7.15. The molecule has 1 aromatic rings. The maximum Gasteiger partial charge on any atom is 0.0490 e. The summed E-state index contributed by atoms with van der Waals surface area (Å²) in [6.07, 6.45) is 2.10. The summed E-state index contributed by atoms with van der Waals surface area (Å²) in [5.41, 5.74) is 8.34. The van der Waals surface area contributed by atoms with E-state index in [0.29, 0.717) is 6.54 Å². The van der Waals surface area contributed by atoms with Gasteiger partial charge in [-0.15, -0.1) is 0 Å². The molecule has 2 nitrogen and oxygen atoms in total. The smallest absolute Gasteiger partial charge is 0.0490 e. The van der Waals surface area contributed by atoms with Crippen LogP contribution in [-0.4, -0.2) is 12.1 Å². The van der Waals surface area contributed by atoms with Crippen LogP contribution in [-0.2, 0) is 0 Å². The summed E-state index contributed by atoms with van der Waals surface area (Å²) in [5.74, 6) is 0. The molecule has 84 valence electrons. The highest BCUT2D eigenvalue weighted by molar-refractivity contribution is 5.46. The van der Waals surface area contributed by atoms with Crippen molar-refractivity contribution < 1.29 is 0 Å². The summed E-state index contributed by atoms with van der Waals surface area (Å²) >= 11 is 0. The van der Waals surface area contributed by atoms with Gasteiger partial charge in [-0.05, 0) is 31.9 Å². The molecule has 0 aliphatic rings. The third-order valence-electron chi connectivity index (χ3n) is 3.21. The highest BCUT2D eigenvalue weighted by Crippen LogP contribution is 2.21. The van der Waals surface area contributed by atoms with Gasteiger partial charge in [-0.3, -0.25) is 0 Å². The van der Waals surface area contributed by atoms with Crippen LogP contribution in [0.5, 0.6) is 0 Å². The number of hydrogen-bond donors (Lipinski definition) is 2. The van der Waals surface area contributed by atoms with E-state index in [0.717, 1.165) is 18.5 Å². The van der Waals surface area contributed by atoms with Crippen LogP contribution in [0.4, 0.5) is 5.69 Å². The molecule has 0 atom stereocenters. The summed E-state index contributed by atoms with van der Waals surface area (Å²) in [4.78, 5) is 0. The van der Waals surface area contributed by atoms with Gasteiger partial charge in [-0.25, -0.2) is 0 Å². The van der Waals surface area contributed by atoms with Gasteiger partial charge in [0.1, 0.15) is 0 Å². The van der Waals surface area contributed by atoms with Gasteiger partial charge in [0.15, 0.2) is 0 Å². The number of aryl methyl sites for hydroxylation is 1. The maximum atomic E-state index is 5.84. The Bertz CT molecular complexity index is 278. The lowest BCUT2D eigenvalue weighted by Gasteiger charge is -2.32. The first-order valence-electron chi connectivity index (χ1n) is 5.70. The Kier molecular flexibility index (Phi) is 4.15. The van der Waals surface area contributed by atoms with Gasteiger partial charge in [0.05, 0.1) is 0 Å². The van der Waals surface area contributed by atoms with E-state index in [1.807, 2.05) is 0 Å². The molecule has 0 saturated carbocycles. The molecule has 0 bridgehead atoms. The number of hydrogen-bond acceptors (Lipinski definition) is 2. The average Bonchev–Trinajstić information content (AvgIpc) is 2.29. The van der Waals surface area contributed by atoms with Crippen LogP contribution in [0.2, 0.25) is 0 Å². The fraction of sp³-hybridized carbons (Fsp3) is 0.538. The van der Waals surface area contributed by atoms with E-state index in [1.165, 1.54) is 5.56 Å². The number of nitrogens with one attached hydrogen (secondary N) is 1. The second kappa shape index (κ2) is 5.17. The number of benzene rings is 1. The predicted molar refractivity (Wildman–Crippen MR) is 67.2 cm³/mol. The van der Waals surface area contributed by atoms with Crippen LogP contribution in [0.1, 0.15) is 32.3 Å². The molecule has 0 aliphatic heterocycles. The molecule has 0 fully saturated rings. The zero-order valence-corrected chi connectivity index (χ0v) is 10.0. The summed E-state index contributed by atoms with van der Waals surface area (Å²) in [7, 11) is 0. The molecule has 0 aromatic heterocycles. The molecular weight excluding hydrogens is 184 g/mol. The first-order valence-corrected chi connectivity index (χ1v) is 5.70. The standard InChI is InChI=1S/C13H22N2/c1-4-13(5-2,10-14)15-12-8-6-11(3)7-9-12/h6-9,15H,4-5,10,14H2,1-3H3. The third kappa shape index (κ3) is 2.96. The van der Waals surface area contributed by atoms with E-state index >= 15 is 0 Å². The van der Waals surface area contributed by atoms with Crippen molar-refractivity contribution in [3.63, 3.8) is 0 Å². The second-order valence-electron chi connectivity index (χ2n) is 4.18. The average molecular weight is 206 g/mol. The van der Waals surface area contributed by atoms with Crippen molar-refractivity contribution in [3.8, 4) is 0 Å². The molecule has 2 heteroatoms. The summed E-state index contributed by atoms with van der Waals surface area (Å²) in [6.45, 7) is 7.13. The molecule has 0 radical (unpaired) electrons. The Morgan fingerprint density at radius 1 is 1.13 bits per heavy atom. The Hall–Kier alpha value is -1.02. The topological polar surface area (TPSA) is 38.0 Å². The molecule has 0 aliphatic carbocycles. The van der Waals surface area contributed by atoms with E-state index < -0.39 is 0 Å². The SMILES string of the molecule is CCC(CC)(CN)Nc1ccc(C)cc1. The minimum Gasteiger partial charge on any atom is -0.378 e. The zero-order valence-electron chi connectivity index (χ0n) is 10.0. The number of nitrogens with two attached hydrogens (primary N) is 1. The molecule has 1 aromatic carbocycles. The molecule has 0 saturated heterocycles. The highest BCUT2D eigenvalue weighted by atomic mass is 15.0. The Labute approximate surface area is 92.9 Å².